The number of aryl methyl sites for hydroxylation is 1. The number of nitrogens with zero attached hydrogens (tertiary/aromatic N) is 3. The highest BCUT2D eigenvalue weighted by atomic mass is 16.5. The van der Waals surface area contributed by atoms with Gasteiger partial charge in [0.1, 0.15) is 11.3 Å². The molecule has 2 heterocycles. The first kappa shape index (κ1) is 20.0. The van der Waals surface area contributed by atoms with Crippen LogP contribution in [0.25, 0.3) is 11.0 Å². The maximum atomic E-state index is 5.92. The molecule has 0 amide bonds. The molecule has 0 fully saturated rings. The van der Waals surface area contributed by atoms with Crippen LogP contribution >= 0.6 is 0 Å². The van der Waals surface area contributed by atoms with E-state index in [-0.39, 0.29) is 0 Å². The summed E-state index contributed by atoms with van der Waals surface area (Å²) in [6.45, 7) is 5.97. The lowest BCUT2D eigenvalue weighted by Gasteiger charge is -2.14. The van der Waals surface area contributed by atoms with Crippen LogP contribution in [-0.4, -0.2) is 28.2 Å². The molecule has 0 bridgehead atoms. The number of methoxy groups -OCH3 is 1. The number of nitrogens with two attached hydrogens (primary N) is 1. The summed E-state index contributed by atoms with van der Waals surface area (Å²) < 4.78 is 7.77. The van der Waals surface area contributed by atoms with Crippen LogP contribution in [0.3, 0.4) is 0 Å². The molecule has 0 radical (unpaired) electrons. The maximum absolute atomic E-state index is 5.92. The Hall–Kier alpha value is -2.76. The van der Waals surface area contributed by atoms with Crippen LogP contribution in [0.5, 0.6) is 5.75 Å². The lowest BCUT2D eigenvalue weighted by Crippen LogP contribution is -2.09. The van der Waals surface area contributed by atoms with Gasteiger partial charge in [0, 0.05) is 18.3 Å². The van der Waals surface area contributed by atoms with E-state index in [0.717, 1.165) is 54.0 Å². The Labute approximate surface area is 167 Å². The van der Waals surface area contributed by atoms with Gasteiger partial charge in [-0.15, -0.1) is 0 Å². The monoisotopic (exact) mass is 381 g/mol. The molecule has 0 atom stereocenters. The summed E-state index contributed by atoms with van der Waals surface area (Å²) >= 11 is 0. The number of benzene rings is 1. The third-order valence-corrected chi connectivity index (χ3v) is 4.92. The van der Waals surface area contributed by atoms with Crippen molar-refractivity contribution in [2.75, 3.05) is 24.7 Å². The predicted octanol–water partition coefficient (Wildman–Crippen LogP) is 4.63. The number of nitrogens with one attached hydrogen (secondary N) is 1. The smallest absolute Gasteiger partial charge is 0.222 e. The Bertz CT molecular complexity index is 919. The van der Waals surface area contributed by atoms with E-state index in [1.165, 1.54) is 18.4 Å². The molecule has 0 saturated heterocycles. The van der Waals surface area contributed by atoms with E-state index in [1.807, 2.05) is 12.3 Å². The molecule has 3 rings (SSSR count). The maximum Gasteiger partial charge on any atom is 0.222 e. The van der Waals surface area contributed by atoms with Crippen LogP contribution in [0.4, 0.5) is 11.8 Å². The van der Waals surface area contributed by atoms with Gasteiger partial charge in [0.2, 0.25) is 5.95 Å². The molecule has 0 aliphatic carbocycles. The zero-order valence-corrected chi connectivity index (χ0v) is 17.2. The summed E-state index contributed by atoms with van der Waals surface area (Å²) in [6, 6.07) is 8.43. The minimum Gasteiger partial charge on any atom is -0.496 e. The second-order valence-electron chi connectivity index (χ2n) is 7.14. The fourth-order valence-corrected chi connectivity index (χ4v) is 3.54. The normalized spacial score (nSPS) is 11.1. The van der Waals surface area contributed by atoms with E-state index in [0.29, 0.717) is 12.5 Å². The van der Waals surface area contributed by atoms with Gasteiger partial charge in [0.15, 0.2) is 5.82 Å². The first-order valence-electron chi connectivity index (χ1n) is 10.2. The van der Waals surface area contributed by atoms with Gasteiger partial charge in [-0.1, -0.05) is 45.2 Å². The SMILES string of the molecule is CCCCCNc1nc(N)nc2ccn(Cc3cc(CCC)ccc3OC)c12. The van der Waals surface area contributed by atoms with E-state index in [2.05, 4.69) is 51.9 Å². The van der Waals surface area contributed by atoms with Crippen molar-refractivity contribution < 1.29 is 4.74 Å². The summed E-state index contributed by atoms with van der Waals surface area (Å²) in [6.07, 6.45) is 7.72. The molecule has 0 saturated carbocycles. The summed E-state index contributed by atoms with van der Waals surface area (Å²) in [4.78, 5) is 8.87. The van der Waals surface area contributed by atoms with Gasteiger partial charge < -0.3 is 20.4 Å². The number of rotatable bonds is 10. The first-order chi connectivity index (χ1) is 13.7. The van der Waals surface area contributed by atoms with Crippen LogP contribution in [0.2, 0.25) is 0 Å². The number of fused-ring (bicyclic) bond motifs is 1. The molecule has 0 unspecified atom stereocenters. The second kappa shape index (κ2) is 9.44. The Morgan fingerprint density at radius 2 is 1.96 bits per heavy atom. The van der Waals surface area contributed by atoms with E-state index in [1.54, 1.807) is 7.11 Å². The Morgan fingerprint density at radius 1 is 1.11 bits per heavy atom. The van der Waals surface area contributed by atoms with Crippen LogP contribution < -0.4 is 15.8 Å². The molecular formula is C22H31N5O. The average molecular weight is 382 g/mol. The summed E-state index contributed by atoms with van der Waals surface area (Å²) in [5, 5.41) is 3.45. The molecule has 6 nitrogen and oxygen atoms in total. The molecule has 0 spiro atoms. The lowest BCUT2D eigenvalue weighted by atomic mass is 10.1. The molecule has 2 aromatic heterocycles. The number of hydrogen-bond donors (Lipinski definition) is 2. The number of aromatic nitrogens is 3. The van der Waals surface area contributed by atoms with E-state index < -0.39 is 0 Å². The van der Waals surface area contributed by atoms with Crippen LogP contribution in [0.1, 0.15) is 50.7 Å². The average Bonchev–Trinajstić information content (AvgIpc) is 3.08. The summed E-state index contributed by atoms with van der Waals surface area (Å²) in [5.41, 5.74) is 10.2. The third kappa shape index (κ3) is 4.55. The van der Waals surface area contributed by atoms with Gasteiger partial charge in [-0.05, 0) is 30.5 Å². The van der Waals surface area contributed by atoms with E-state index >= 15 is 0 Å². The van der Waals surface area contributed by atoms with Gasteiger partial charge in [-0.25, -0.2) is 4.98 Å². The lowest BCUT2D eigenvalue weighted by molar-refractivity contribution is 0.408. The quantitative estimate of drug-likeness (QED) is 0.501. The Kier molecular flexibility index (Phi) is 6.74. The van der Waals surface area contributed by atoms with E-state index in [4.69, 9.17) is 10.5 Å². The molecular weight excluding hydrogens is 350 g/mol. The molecule has 0 aliphatic rings. The minimum absolute atomic E-state index is 0.297. The minimum atomic E-state index is 0.297. The zero-order valence-electron chi connectivity index (χ0n) is 17.2. The van der Waals surface area contributed by atoms with Crippen molar-refractivity contribution in [3.63, 3.8) is 0 Å². The van der Waals surface area contributed by atoms with Crippen molar-refractivity contribution >= 4 is 22.8 Å². The molecule has 3 aromatic rings. The number of unbranched alkanes of at least 4 members (excludes halogenated alkanes) is 2. The van der Waals surface area contributed by atoms with E-state index in [9.17, 15) is 0 Å². The second-order valence-corrected chi connectivity index (χ2v) is 7.14. The number of hydrogen-bond acceptors (Lipinski definition) is 5. The van der Waals surface area contributed by atoms with Gasteiger partial charge >= 0.3 is 0 Å². The molecule has 3 N–H and O–H groups in total. The highest BCUT2D eigenvalue weighted by Gasteiger charge is 2.13. The molecule has 0 aliphatic heterocycles. The van der Waals surface area contributed by atoms with Crippen molar-refractivity contribution in [2.24, 2.45) is 0 Å². The highest BCUT2D eigenvalue weighted by Crippen LogP contribution is 2.27. The van der Waals surface area contributed by atoms with Crippen molar-refractivity contribution in [1.29, 1.82) is 0 Å². The first-order valence-corrected chi connectivity index (χ1v) is 10.2. The molecule has 150 valence electrons. The highest BCUT2D eigenvalue weighted by molar-refractivity contribution is 5.87. The fourth-order valence-electron chi connectivity index (χ4n) is 3.54. The largest absolute Gasteiger partial charge is 0.496 e. The van der Waals surface area contributed by atoms with Crippen LogP contribution in [-0.2, 0) is 13.0 Å². The molecule has 1 aromatic carbocycles. The van der Waals surface area contributed by atoms with Gasteiger partial charge in [-0.2, -0.15) is 4.98 Å². The fraction of sp³-hybridized carbons (Fsp3) is 0.455. The topological polar surface area (TPSA) is 78.0 Å². The summed E-state index contributed by atoms with van der Waals surface area (Å²) in [7, 11) is 1.72. The Morgan fingerprint density at radius 3 is 2.71 bits per heavy atom. The van der Waals surface area contributed by atoms with Crippen LogP contribution in [0, 0.1) is 0 Å². The van der Waals surface area contributed by atoms with Crippen molar-refractivity contribution in [1.82, 2.24) is 14.5 Å². The van der Waals surface area contributed by atoms with Gasteiger partial charge in [0.25, 0.3) is 0 Å². The number of anilines is 2. The van der Waals surface area contributed by atoms with Crippen molar-refractivity contribution in [3.8, 4) is 5.75 Å². The number of ether oxygens (including phenoxy) is 1. The predicted molar refractivity (Wildman–Crippen MR) is 116 cm³/mol. The zero-order chi connectivity index (χ0) is 19.9. The van der Waals surface area contributed by atoms with Crippen LogP contribution in [0.15, 0.2) is 30.5 Å². The van der Waals surface area contributed by atoms with Gasteiger partial charge in [-0.3, -0.25) is 0 Å². The number of nitrogen functional groups attached to an aromatic ring is 1. The standard InChI is InChI=1S/C22H31N5O/c1-4-6-7-12-24-21-20-18(25-22(23)26-21)11-13-27(20)15-17-14-16(8-5-2)9-10-19(17)28-3/h9-11,13-14H,4-8,12,15H2,1-3H3,(H3,23,24,25,26). The summed E-state index contributed by atoms with van der Waals surface area (Å²) in [5.74, 6) is 1.99. The molecule has 28 heavy (non-hydrogen) atoms. The Balaban J connectivity index is 1.94. The van der Waals surface area contributed by atoms with Gasteiger partial charge in [0.05, 0.1) is 19.2 Å². The third-order valence-electron chi connectivity index (χ3n) is 4.92. The molecule has 6 heteroatoms. The van der Waals surface area contributed by atoms with Crippen molar-refractivity contribution in [3.05, 3.63) is 41.6 Å². The van der Waals surface area contributed by atoms with Crippen molar-refractivity contribution in [2.45, 2.75) is 52.5 Å².